The molecule has 3 heterocycles. The fourth-order valence-electron chi connectivity index (χ4n) is 5.36. The Balaban J connectivity index is 1.65. The van der Waals surface area contributed by atoms with E-state index < -0.39 is 0 Å². The summed E-state index contributed by atoms with van der Waals surface area (Å²) in [5, 5.41) is 0. The summed E-state index contributed by atoms with van der Waals surface area (Å²) in [6, 6.07) is 13.2. The summed E-state index contributed by atoms with van der Waals surface area (Å²) in [5.74, 6) is 1.79. The highest BCUT2D eigenvalue weighted by Crippen LogP contribution is 2.31. The number of rotatable bonds is 0. The molecule has 0 N–H and O–H groups in total. The number of hydrogen-bond acceptors (Lipinski definition) is 8. The zero-order valence-corrected chi connectivity index (χ0v) is 28.1. The van der Waals surface area contributed by atoms with Crippen LogP contribution in [0.5, 0.6) is 11.5 Å². The van der Waals surface area contributed by atoms with Gasteiger partial charge < -0.3 is 28.4 Å². The Morgan fingerprint density at radius 3 is 1.11 bits per heavy atom. The van der Waals surface area contributed by atoms with Gasteiger partial charge in [0, 0.05) is 50.4 Å². The van der Waals surface area contributed by atoms with Crippen LogP contribution in [-0.4, -0.2) is 102 Å². The van der Waals surface area contributed by atoms with Crippen LogP contribution in [0.15, 0.2) is 36.4 Å². The Morgan fingerprint density at radius 1 is 0.455 bits per heavy atom. The number of benzene rings is 2. The van der Waals surface area contributed by atoms with Gasteiger partial charge in [0.15, 0.2) is 0 Å². The maximum atomic E-state index is 6.42. The number of hydrogen-bond donors (Lipinski definition) is 0. The second-order valence-corrected chi connectivity index (χ2v) is 13.8. The average Bonchev–Trinajstić information content (AvgIpc) is 2.96. The minimum Gasteiger partial charge on any atom is -0.490 e. The summed E-state index contributed by atoms with van der Waals surface area (Å²) in [6.45, 7) is 23.9. The van der Waals surface area contributed by atoms with E-state index in [1.165, 1.54) is 22.3 Å². The quantitative estimate of drug-likeness (QED) is 0.390. The first-order chi connectivity index (χ1) is 21.1. The van der Waals surface area contributed by atoms with Gasteiger partial charge in [-0.3, -0.25) is 9.80 Å². The predicted octanol–water partition coefficient (Wildman–Crippen LogP) is 5.44. The Hall–Kier alpha value is -2.20. The van der Waals surface area contributed by atoms with Crippen molar-refractivity contribution in [2.24, 2.45) is 0 Å². The normalized spacial score (nSPS) is 22.7. The zero-order chi connectivity index (χ0) is 31.4. The summed E-state index contributed by atoms with van der Waals surface area (Å²) in [4.78, 5) is 4.77. The average molecular weight is 613 g/mol. The monoisotopic (exact) mass is 612 g/mol. The van der Waals surface area contributed by atoms with Crippen molar-refractivity contribution in [3.8, 4) is 11.5 Å². The maximum absolute atomic E-state index is 6.42. The molecule has 1 fully saturated rings. The van der Waals surface area contributed by atoms with Gasteiger partial charge in [-0.1, -0.05) is 65.8 Å². The Morgan fingerprint density at radius 2 is 0.795 bits per heavy atom. The molecule has 2 aromatic carbocycles. The van der Waals surface area contributed by atoms with E-state index in [0.29, 0.717) is 66.1 Å². The van der Waals surface area contributed by atoms with E-state index in [-0.39, 0.29) is 10.8 Å². The Labute approximate surface area is 265 Å². The molecule has 0 atom stereocenters. The SMILES string of the molecule is CC(C)(C)c1ccc2c(c1)CN1CCOCCOCCN(CCOCCOCC1)Cc1cc(C(C)(C)C)ccc1OCCO2. The first-order valence-electron chi connectivity index (χ1n) is 16.4. The Bertz CT molecular complexity index is 1030. The van der Waals surface area contributed by atoms with Crippen LogP contribution in [0.2, 0.25) is 0 Å². The van der Waals surface area contributed by atoms with Gasteiger partial charge in [0.2, 0.25) is 0 Å². The van der Waals surface area contributed by atoms with Crippen molar-refractivity contribution in [1.82, 2.24) is 9.80 Å². The van der Waals surface area contributed by atoms with E-state index in [2.05, 4.69) is 87.7 Å². The fourth-order valence-corrected chi connectivity index (χ4v) is 5.36. The maximum Gasteiger partial charge on any atom is 0.123 e. The van der Waals surface area contributed by atoms with Crippen LogP contribution in [0.1, 0.15) is 63.8 Å². The third-order valence-electron chi connectivity index (χ3n) is 8.19. The smallest absolute Gasteiger partial charge is 0.123 e. The van der Waals surface area contributed by atoms with Gasteiger partial charge in [0.05, 0.1) is 52.9 Å². The van der Waals surface area contributed by atoms with E-state index in [1.807, 2.05) is 0 Å². The van der Waals surface area contributed by atoms with Crippen LogP contribution in [0.4, 0.5) is 0 Å². The van der Waals surface area contributed by atoms with Crippen LogP contribution in [0.25, 0.3) is 0 Å². The van der Waals surface area contributed by atoms with Crippen LogP contribution in [0.3, 0.4) is 0 Å². The fraction of sp³-hybridized carbons (Fsp3) is 0.667. The highest BCUT2D eigenvalue weighted by atomic mass is 16.5. The van der Waals surface area contributed by atoms with Crippen LogP contribution >= 0.6 is 0 Å². The van der Waals surface area contributed by atoms with E-state index >= 15 is 0 Å². The zero-order valence-electron chi connectivity index (χ0n) is 28.1. The van der Waals surface area contributed by atoms with Crippen LogP contribution in [0, 0.1) is 0 Å². The molecule has 0 unspecified atom stereocenters. The molecular weight excluding hydrogens is 556 g/mol. The molecule has 8 nitrogen and oxygen atoms in total. The molecule has 2 bridgehead atoms. The molecule has 8 heteroatoms. The van der Waals surface area contributed by atoms with Gasteiger partial charge in [-0.15, -0.1) is 0 Å². The minimum atomic E-state index is 0.0346. The minimum absolute atomic E-state index is 0.0346. The second-order valence-electron chi connectivity index (χ2n) is 13.8. The van der Waals surface area contributed by atoms with Crippen LogP contribution < -0.4 is 9.47 Å². The van der Waals surface area contributed by atoms with E-state index in [0.717, 1.165) is 50.8 Å². The van der Waals surface area contributed by atoms with Gasteiger partial charge in [-0.2, -0.15) is 0 Å². The first-order valence-corrected chi connectivity index (χ1v) is 16.4. The lowest BCUT2D eigenvalue weighted by Crippen LogP contribution is -2.33. The Kier molecular flexibility index (Phi) is 13.3. The van der Waals surface area contributed by atoms with Crippen molar-refractivity contribution in [3.63, 3.8) is 0 Å². The molecule has 0 spiro atoms. The molecule has 0 amide bonds. The highest BCUT2D eigenvalue weighted by molar-refractivity contribution is 5.41. The molecule has 0 aliphatic carbocycles. The van der Waals surface area contributed by atoms with E-state index in [4.69, 9.17) is 28.4 Å². The van der Waals surface area contributed by atoms with Crippen molar-refractivity contribution in [2.45, 2.75) is 65.5 Å². The number of nitrogens with zero attached hydrogens (tertiary/aromatic N) is 2. The van der Waals surface area contributed by atoms with E-state index in [1.54, 1.807) is 0 Å². The standard InChI is InChI=1S/C36H56N2O6/c1-35(2,3)31-7-9-33-29(25-31)27-37-11-15-39-19-21-41-17-13-38(14-18-42-22-20-40-16-12-37)28-30-26-32(36(4,5)6)8-10-34(30)44-24-23-43-33/h7-10,25-26H,11-24,27-28H2,1-6H3. The summed E-state index contributed by atoms with van der Waals surface area (Å²) in [6.07, 6.45) is 0. The van der Waals surface area contributed by atoms with E-state index in [9.17, 15) is 0 Å². The molecule has 2 aromatic rings. The highest BCUT2D eigenvalue weighted by Gasteiger charge is 2.20. The van der Waals surface area contributed by atoms with Gasteiger partial charge in [-0.05, 0) is 34.1 Å². The molecule has 1 saturated heterocycles. The van der Waals surface area contributed by atoms with Crippen molar-refractivity contribution in [1.29, 1.82) is 0 Å². The second kappa shape index (κ2) is 16.9. The number of ether oxygens (including phenoxy) is 6. The summed E-state index contributed by atoms with van der Waals surface area (Å²) >= 11 is 0. The molecule has 0 radical (unpaired) electrons. The van der Waals surface area contributed by atoms with Crippen molar-refractivity contribution in [3.05, 3.63) is 58.7 Å². The molecule has 44 heavy (non-hydrogen) atoms. The van der Waals surface area contributed by atoms with Gasteiger partial charge in [-0.25, -0.2) is 0 Å². The summed E-state index contributed by atoms with van der Waals surface area (Å²) in [7, 11) is 0. The third-order valence-corrected chi connectivity index (χ3v) is 8.19. The molecule has 3 aliphatic heterocycles. The lowest BCUT2D eigenvalue weighted by molar-refractivity contribution is 0.00598. The molecule has 3 aliphatic rings. The topological polar surface area (TPSA) is 61.9 Å². The molecule has 0 saturated carbocycles. The van der Waals surface area contributed by atoms with Gasteiger partial charge >= 0.3 is 0 Å². The summed E-state index contributed by atoms with van der Waals surface area (Å²) < 4.78 is 36.9. The van der Waals surface area contributed by atoms with Crippen molar-refractivity contribution in [2.75, 3.05) is 92.2 Å². The van der Waals surface area contributed by atoms with Crippen molar-refractivity contribution < 1.29 is 28.4 Å². The van der Waals surface area contributed by atoms with Gasteiger partial charge in [0.1, 0.15) is 24.7 Å². The molecule has 246 valence electrons. The van der Waals surface area contributed by atoms with Crippen molar-refractivity contribution >= 4 is 0 Å². The summed E-state index contributed by atoms with van der Waals surface area (Å²) in [5.41, 5.74) is 4.97. The van der Waals surface area contributed by atoms with Crippen LogP contribution in [-0.2, 0) is 42.9 Å². The number of fused-ring (bicyclic) bond motifs is 17. The van der Waals surface area contributed by atoms with Gasteiger partial charge in [0.25, 0.3) is 0 Å². The first kappa shape index (κ1) is 34.7. The lowest BCUT2D eigenvalue weighted by atomic mass is 9.86. The largest absolute Gasteiger partial charge is 0.490 e. The molecular formula is C36H56N2O6. The predicted molar refractivity (Wildman–Crippen MR) is 175 cm³/mol. The molecule has 5 rings (SSSR count). The lowest BCUT2D eigenvalue weighted by Gasteiger charge is -2.27. The molecule has 0 aromatic heterocycles. The third kappa shape index (κ3) is 11.3.